The Morgan fingerprint density at radius 3 is 2.93 bits per heavy atom. The Morgan fingerprint density at radius 1 is 1.43 bits per heavy atom. The summed E-state index contributed by atoms with van der Waals surface area (Å²) in [4.78, 5) is 18.7. The van der Waals surface area contributed by atoms with Crippen molar-refractivity contribution in [1.82, 2.24) is 14.3 Å². The van der Waals surface area contributed by atoms with Crippen molar-refractivity contribution in [3.63, 3.8) is 0 Å². The summed E-state index contributed by atoms with van der Waals surface area (Å²) in [6.07, 6.45) is 1.30. The Labute approximate surface area is 172 Å². The van der Waals surface area contributed by atoms with Gasteiger partial charge >= 0.3 is 0 Å². The molecule has 0 aliphatic heterocycles. The lowest BCUT2D eigenvalue weighted by Gasteiger charge is -2.17. The molecule has 2 N–H and O–H groups in total. The zero-order valence-corrected chi connectivity index (χ0v) is 17.3. The van der Waals surface area contributed by atoms with Gasteiger partial charge in [-0.25, -0.2) is 13.7 Å². The molecule has 0 saturated carbocycles. The number of nitriles is 1. The predicted octanol–water partition coefficient (Wildman–Crippen LogP) is 4.42. The molecule has 3 rings (SSSR count). The number of nitrogens with zero attached hydrogens (tertiary/aromatic N) is 3. The molecular formula is C18H15BrFN5O2S. The first-order valence-corrected chi connectivity index (χ1v) is 9.73. The fourth-order valence-corrected chi connectivity index (χ4v) is 3.49. The maximum Gasteiger partial charge on any atom is 0.259 e. The highest BCUT2D eigenvalue weighted by Gasteiger charge is 2.19. The fourth-order valence-electron chi connectivity index (χ4n) is 2.34. The van der Waals surface area contributed by atoms with Gasteiger partial charge in [-0.1, -0.05) is 6.92 Å². The van der Waals surface area contributed by atoms with Crippen LogP contribution in [0.2, 0.25) is 0 Å². The van der Waals surface area contributed by atoms with Crippen LogP contribution in [-0.2, 0) is 0 Å². The number of hydrogen-bond donors (Lipinski definition) is 2. The molecule has 0 aliphatic carbocycles. The van der Waals surface area contributed by atoms with Gasteiger partial charge in [0, 0.05) is 18.7 Å². The molecule has 0 fully saturated rings. The molecule has 28 heavy (non-hydrogen) atoms. The summed E-state index contributed by atoms with van der Waals surface area (Å²) in [5.41, 5.74) is 0.529. The van der Waals surface area contributed by atoms with E-state index < -0.39 is 5.82 Å². The lowest BCUT2D eigenvalue weighted by atomic mass is 10.1. The molecule has 1 heterocycles. The standard InChI is InChI=1S/C18H15BrFN5O2S/c1-3-25(2)28-24-12-5-4-11(20)17(10(12)8-21)27-14-7-6-13-15(16(14)19)18(26)23-9-22-13/h4-7,9,24H,3H2,1-2H3,(H,22,23,26). The molecule has 0 saturated heterocycles. The number of hydrogen-bond acceptors (Lipinski definition) is 7. The Kier molecular flexibility index (Phi) is 6.18. The third-order valence-electron chi connectivity index (χ3n) is 3.90. The number of nitrogens with one attached hydrogen (secondary N) is 2. The number of ether oxygens (including phenoxy) is 1. The maximum absolute atomic E-state index is 14.5. The van der Waals surface area contributed by atoms with Gasteiger partial charge in [-0.3, -0.25) is 4.79 Å². The first kappa shape index (κ1) is 20.1. The van der Waals surface area contributed by atoms with Gasteiger partial charge in [-0.2, -0.15) is 5.26 Å². The molecule has 0 radical (unpaired) electrons. The summed E-state index contributed by atoms with van der Waals surface area (Å²) in [6.45, 7) is 2.75. The van der Waals surface area contributed by atoms with E-state index in [1.807, 2.05) is 24.3 Å². The van der Waals surface area contributed by atoms with E-state index in [1.165, 1.54) is 30.6 Å². The number of H-pyrrole nitrogens is 1. The van der Waals surface area contributed by atoms with E-state index in [-0.39, 0.29) is 28.0 Å². The van der Waals surface area contributed by atoms with Crippen LogP contribution < -0.4 is 15.0 Å². The lowest BCUT2D eigenvalue weighted by molar-refractivity contribution is 0.439. The van der Waals surface area contributed by atoms with Gasteiger partial charge in [-0.15, -0.1) is 0 Å². The molecule has 1 aromatic heterocycles. The summed E-state index contributed by atoms with van der Waals surface area (Å²) in [6, 6.07) is 7.81. The van der Waals surface area contributed by atoms with Gasteiger partial charge in [0.15, 0.2) is 11.6 Å². The summed E-state index contributed by atoms with van der Waals surface area (Å²) in [5, 5.41) is 9.84. The van der Waals surface area contributed by atoms with E-state index in [2.05, 4.69) is 30.6 Å². The minimum atomic E-state index is -0.692. The van der Waals surface area contributed by atoms with Crippen LogP contribution in [0, 0.1) is 17.1 Å². The van der Waals surface area contributed by atoms with Crippen molar-refractivity contribution in [1.29, 1.82) is 5.26 Å². The second kappa shape index (κ2) is 8.60. The third kappa shape index (κ3) is 3.96. The SMILES string of the molecule is CCN(C)SNc1ccc(F)c(Oc2ccc3nc[nH]c(=O)c3c2Br)c1C#N. The van der Waals surface area contributed by atoms with Crippen LogP contribution in [0.4, 0.5) is 10.1 Å². The van der Waals surface area contributed by atoms with Gasteiger partial charge in [-0.05, 0) is 47.2 Å². The van der Waals surface area contributed by atoms with Gasteiger partial charge < -0.3 is 14.4 Å². The smallest absolute Gasteiger partial charge is 0.259 e. The Balaban J connectivity index is 2.04. The highest BCUT2D eigenvalue weighted by molar-refractivity contribution is 9.10. The molecule has 0 aliphatic rings. The molecule has 0 bridgehead atoms. The number of aromatic amines is 1. The summed E-state index contributed by atoms with van der Waals surface area (Å²) < 4.78 is 25.4. The Hall–Kier alpha value is -2.61. The number of benzene rings is 2. The molecule has 7 nitrogen and oxygen atoms in total. The lowest BCUT2D eigenvalue weighted by Crippen LogP contribution is -2.11. The van der Waals surface area contributed by atoms with Gasteiger partial charge in [0.25, 0.3) is 5.56 Å². The van der Waals surface area contributed by atoms with Crippen molar-refractivity contribution in [3.05, 3.63) is 56.8 Å². The van der Waals surface area contributed by atoms with E-state index in [1.54, 1.807) is 12.1 Å². The second-order valence-corrected chi connectivity index (χ2v) is 7.46. The van der Waals surface area contributed by atoms with Crippen molar-refractivity contribution in [2.45, 2.75) is 6.92 Å². The van der Waals surface area contributed by atoms with E-state index in [0.29, 0.717) is 15.7 Å². The molecule has 0 unspecified atom stereocenters. The number of aromatic nitrogens is 2. The molecule has 0 spiro atoms. The Bertz CT molecular complexity index is 1130. The largest absolute Gasteiger partial charge is 0.452 e. The van der Waals surface area contributed by atoms with Crippen LogP contribution >= 0.6 is 28.1 Å². The van der Waals surface area contributed by atoms with Crippen molar-refractivity contribution in [2.24, 2.45) is 0 Å². The highest BCUT2D eigenvalue weighted by atomic mass is 79.9. The zero-order chi connectivity index (χ0) is 20.3. The van der Waals surface area contributed by atoms with Crippen molar-refractivity contribution >= 4 is 44.7 Å². The molecule has 10 heteroatoms. The molecule has 0 amide bonds. The quantitative estimate of drug-likeness (QED) is 0.522. The molecule has 0 atom stereocenters. The predicted molar refractivity (Wildman–Crippen MR) is 111 cm³/mol. The molecule has 144 valence electrons. The zero-order valence-electron chi connectivity index (χ0n) is 14.9. The maximum atomic E-state index is 14.5. The third-order valence-corrected chi connectivity index (χ3v) is 5.57. The summed E-state index contributed by atoms with van der Waals surface area (Å²) in [7, 11) is 1.88. The molecular weight excluding hydrogens is 449 g/mol. The highest BCUT2D eigenvalue weighted by Crippen LogP contribution is 2.38. The number of anilines is 1. The average Bonchev–Trinajstić information content (AvgIpc) is 2.69. The summed E-state index contributed by atoms with van der Waals surface area (Å²) >= 11 is 4.60. The number of rotatable bonds is 6. The average molecular weight is 464 g/mol. The van der Waals surface area contributed by atoms with Crippen LogP contribution in [-0.4, -0.2) is 27.9 Å². The Morgan fingerprint density at radius 2 is 2.21 bits per heavy atom. The molecule has 3 aromatic rings. The van der Waals surface area contributed by atoms with Crippen molar-refractivity contribution < 1.29 is 9.13 Å². The summed E-state index contributed by atoms with van der Waals surface area (Å²) in [5.74, 6) is -0.729. The topological polar surface area (TPSA) is 94.0 Å². The first-order valence-electron chi connectivity index (χ1n) is 8.16. The number of halogens is 2. The minimum Gasteiger partial charge on any atom is -0.452 e. The molecule has 2 aromatic carbocycles. The van der Waals surface area contributed by atoms with E-state index in [4.69, 9.17) is 4.74 Å². The van der Waals surface area contributed by atoms with E-state index in [0.717, 1.165) is 6.54 Å². The van der Waals surface area contributed by atoms with Gasteiger partial charge in [0.1, 0.15) is 17.4 Å². The van der Waals surface area contributed by atoms with E-state index >= 15 is 0 Å². The minimum absolute atomic E-state index is 0.0177. The van der Waals surface area contributed by atoms with Crippen LogP contribution in [0.3, 0.4) is 0 Å². The number of fused-ring (bicyclic) bond motifs is 1. The van der Waals surface area contributed by atoms with Gasteiger partial charge in [0.05, 0.1) is 27.4 Å². The first-order chi connectivity index (χ1) is 13.5. The fraction of sp³-hybridized carbons (Fsp3) is 0.167. The normalized spacial score (nSPS) is 10.9. The van der Waals surface area contributed by atoms with Crippen molar-refractivity contribution in [2.75, 3.05) is 18.3 Å². The monoisotopic (exact) mass is 463 g/mol. The van der Waals surface area contributed by atoms with E-state index in [9.17, 15) is 14.4 Å². The van der Waals surface area contributed by atoms with Crippen LogP contribution in [0.1, 0.15) is 12.5 Å². The van der Waals surface area contributed by atoms with Crippen LogP contribution in [0.5, 0.6) is 11.5 Å². The van der Waals surface area contributed by atoms with Crippen molar-refractivity contribution in [3.8, 4) is 17.6 Å². The van der Waals surface area contributed by atoms with Crippen LogP contribution in [0.25, 0.3) is 10.9 Å². The van der Waals surface area contributed by atoms with Gasteiger partial charge in [0.2, 0.25) is 0 Å². The van der Waals surface area contributed by atoms with Crippen LogP contribution in [0.15, 0.2) is 39.9 Å². The second-order valence-electron chi connectivity index (χ2n) is 5.65.